The molecule has 2 rings (SSSR count). The molecule has 1 N–H and O–H groups in total. The molecule has 0 bridgehead atoms. The molecule has 0 saturated heterocycles. The van der Waals surface area contributed by atoms with Gasteiger partial charge in [0.05, 0.1) is 30.7 Å². The van der Waals surface area contributed by atoms with Crippen LogP contribution in [0.3, 0.4) is 0 Å². The van der Waals surface area contributed by atoms with E-state index in [4.69, 9.17) is 21.1 Å². The summed E-state index contributed by atoms with van der Waals surface area (Å²) in [5.41, 5.74) is 1.15. The number of ether oxygens (including phenoxy) is 2. The van der Waals surface area contributed by atoms with Crippen molar-refractivity contribution in [3.63, 3.8) is 0 Å². The van der Waals surface area contributed by atoms with Gasteiger partial charge in [0, 0.05) is 0 Å². The Hall–Kier alpha value is -1.26. The lowest BCUT2D eigenvalue weighted by Crippen LogP contribution is -2.46. The van der Waals surface area contributed by atoms with E-state index >= 15 is 0 Å². The topological polar surface area (TPSA) is 47.6 Å². The summed E-state index contributed by atoms with van der Waals surface area (Å²) in [5.74, 6) is 0. The van der Waals surface area contributed by atoms with Crippen LogP contribution in [0.1, 0.15) is 31.7 Å². The monoisotopic (exact) mass is 311 g/mol. The Morgan fingerprint density at radius 2 is 2.10 bits per heavy atom. The van der Waals surface area contributed by atoms with Gasteiger partial charge in [0.2, 0.25) is 0 Å². The summed E-state index contributed by atoms with van der Waals surface area (Å²) >= 11 is 6.28. The third-order valence-electron chi connectivity index (χ3n) is 3.63. The quantitative estimate of drug-likeness (QED) is 0.847. The Bertz CT molecular complexity index is 440. The van der Waals surface area contributed by atoms with E-state index in [0.717, 1.165) is 24.8 Å². The van der Waals surface area contributed by atoms with Gasteiger partial charge in [-0.25, -0.2) is 4.79 Å². The fourth-order valence-corrected chi connectivity index (χ4v) is 2.80. The number of hydrogen-bond donors (Lipinski definition) is 1. The lowest BCUT2D eigenvalue weighted by Gasteiger charge is -2.33. The van der Waals surface area contributed by atoms with Crippen LogP contribution in [-0.2, 0) is 16.1 Å². The minimum Gasteiger partial charge on any atom is -0.450 e. The van der Waals surface area contributed by atoms with Gasteiger partial charge < -0.3 is 14.8 Å². The summed E-state index contributed by atoms with van der Waals surface area (Å²) in [6, 6.07) is 9.98. The smallest absolute Gasteiger partial charge is 0.407 e. The second kappa shape index (κ2) is 8.25. The van der Waals surface area contributed by atoms with Crippen LogP contribution < -0.4 is 5.32 Å². The summed E-state index contributed by atoms with van der Waals surface area (Å²) in [7, 11) is 0. The van der Waals surface area contributed by atoms with Gasteiger partial charge in [0.25, 0.3) is 0 Å². The maximum atomic E-state index is 11.5. The average molecular weight is 312 g/mol. The molecule has 0 spiro atoms. The number of halogens is 1. The summed E-state index contributed by atoms with van der Waals surface area (Å²) in [5, 5.41) is 2.76. The standard InChI is InChI=1S/C16H22ClNO3/c1-2-20-16(19)18-15-10-13(8-9-14(15)17)21-11-12-6-4-3-5-7-12/h3-7,13-15H,2,8-11H2,1H3,(H,18,19)/t13?,14-,15+/m1/s1. The zero-order chi connectivity index (χ0) is 15.1. The molecule has 4 nitrogen and oxygen atoms in total. The number of alkyl carbamates (subject to hydrolysis) is 1. The summed E-state index contributed by atoms with van der Waals surface area (Å²) in [6.07, 6.45) is 2.18. The molecule has 1 aromatic rings. The minimum absolute atomic E-state index is 0.0639. The molecule has 1 aliphatic rings. The summed E-state index contributed by atoms with van der Waals surface area (Å²) in [4.78, 5) is 11.5. The highest BCUT2D eigenvalue weighted by Crippen LogP contribution is 2.26. The Morgan fingerprint density at radius 3 is 2.81 bits per heavy atom. The molecular formula is C16H22ClNO3. The maximum absolute atomic E-state index is 11.5. The number of carbonyl (C=O) groups excluding carboxylic acids is 1. The molecule has 1 unspecified atom stereocenters. The van der Waals surface area contributed by atoms with Crippen molar-refractivity contribution in [1.29, 1.82) is 0 Å². The molecule has 1 saturated carbocycles. The molecular weight excluding hydrogens is 290 g/mol. The number of nitrogens with one attached hydrogen (secondary N) is 1. The second-order valence-corrected chi connectivity index (χ2v) is 5.78. The first-order valence-corrected chi connectivity index (χ1v) is 7.85. The highest BCUT2D eigenvalue weighted by Gasteiger charge is 2.31. The lowest BCUT2D eigenvalue weighted by atomic mass is 9.92. The van der Waals surface area contributed by atoms with Crippen LogP contribution in [-0.4, -0.2) is 30.2 Å². The Labute approximate surface area is 130 Å². The van der Waals surface area contributed by atoms with E-state index in [0.29, 0.717) is 13.2 Å². The molecule has 1 fully saturated rings. The fourth-order valence-electron chi connectivity index (χ4n) is 2.51. The lowest BCUT2D eigenvalue weighted by molar-refractivity contribution is 0.00927. The van der Waals surface area contributed by atoms with Crippen molar-refractivity contribution in [2.75, 3.05) is 6.61 Å². The van der Waals surface area contributed by atoms with Gasteiger partial charge in [0.15, 0.2) is 0 Å². The maximum Gasteiger partial charge on any atom is 0.407 e. The zero-order valence-electron chi connectivity index (χ0n) is 12.3. The van der Waals surface area contributed by atoms with Gasteiger partial charge in [-0.05, 0) is 31.7 Å². The summed E-state index contributed by atoms with van der Waals surface area (Å²) in [6.45, 7) is 2.73. The van der Waals surface area contributed by atoms with E-state index < -0.39 is 6.09 Å². The Morgan fingerprint density at radius 1 is 1.33 bits per heavy atom. The van der Waals surface area contributed by atoms with Crippen molar-refractivity contribution < 1.29 is 14.3 Å². The fraction of sp³-hybridized carbons (Fsp3) is 0.562. The molecule has 1 aliphatic carbocycles. The highest BCUT2D eigenvalue weighted by molar-refractivity contribution is 6.21. The number of hydrogen-bond acceptors (Lipinski definition) is 3. The van der Waals surface area contributed by atoms with Gasteiger partial charge in [0.1, 0.15) is 0 Å². The molecule has 0 radical (unpaired) electrons. The van der Waals surface area contributed by atoms with Crippen LogP contribution >= 0.6 is 11.6 Å². The van der Waals surface area contributed by atoms with Crippen molar-refractivity contribution in [3.8, 4) is 0 Å². The first-order chi connectivity index (χ1) is 10.2. The SMILES string of the molecule is CCOC(=O)N[C@H]1CC(OCc2ccccc2)CC[C@H]1Cl. The summed E-state index contributed by atoms with van der Waals surface area (Å²) < 4.78 is 10.8. The van der Waals surface area contributed by atoms with Crippen LogP contribution in [0.15, 0.2) is 30.3 Å². The van der Waals surface area contributed by atoms with Crippen molar-refractivity contribution in [1.82, 2.24) is 5.32 Å². The molecule has 0 aliphatic heterocycles. The van der Waals surface area contributed by atoms with Gasteiger partial charge >= 0.3 is 6.09 Å². The molecule has 3 atom stereocenters. The highest BCUT2D eigenvalue weighted by atomic mass is 35.5. The van der Waals surface area contributed by atoms with Crippen LogP contribution in [0.4, 0.5) is 4.79 Å². The molecule has 1 amide bonds. The Balaban J connectivity index is 1.81. The number of alkyl halides is 1. The van der Waals surface area contributed by atoms with Gasteiger partial charge in [-0.15, -0.1) is 11.6 Å². The predicted octanol–water partition coefficient (Wildman–Crippen LogP) is 3.48. The second-order valence-electron chi connectivity index (χ2n) is 5.22. The molecule has 0 heterocycles. The van der Waals surface area contributed by atoms with E-state index in [-0.39, 0.29) is 17.5 Å². The minimum atomic E-state index is -0.406. The van der Waals surface area contributed by atoms with Crippen LogP contribution in [0.2, 0.25) is 0 Å². The first-order valence-electron chi connectivity index (χ1n) is 7.42. The predicted molar refractivity (Wildman–Crippen MR) is 82.5 cm³/mol. The van der Waals surface area contributed by atoms with Gasteiger partial charge in [-0.1, -0.05) is 30.3 Å². The molecule has 1 aromatic carbocycles. The van der Waals surface area contributed by atoms with Gasteiger partial charge in [-0.3, -0.25) is 0 Å². The zero-order valence-corrected chi connectivity index (χ0v) is 13.0. The first kappa shape index (κ1) is 16.1. The Kier molecular flexibility index (Phi) is 6.33. The van der Waals surface area contributed by atoms with E-state index in [1.165, 1.54) is 0 Å². The van der Waals surface area contributed by atoms with Crippen LogP contribution in [0, 0.1) is 0 Å². The van der Waals surface area contributed by atoms with Crippen LogP contribution in [0.5, 0.6) is 0 Å². The van der Waals surface area contributed by atoms with E-state index in [9.17, 15) is 4.79 Å². The van der Waals surface area contributed by atoms with Crippen molar-refractivity contribution in [2.45, 2.75) is 50.3 Å². The number of amides is 1. The van der Waals surface area contributed by atoms with E-state index in [1.54, 1.807) is 6.92 Å². The third kappa shape index (κ3) is 5.21. The molecule has 0 aromatic heterocycles. The molecule has 5 heteroatoms. The largest absolute Gasteiger partial charge is 0.450 e. The molecule has 21 heavy (non-hydrogen) atoms. The van der Waals surface area contributed by atoms with Crippen molar-refractivity contribution in [3.05, 3.63) is 35.9 Å². The normalized spacial score (nSPS) is 25.3. The number of benzene rings is 1. The van der Waals surface area contributed by atoms with Crippen LogP contribution in [0.25, 0.3) is 0 Å². The van der Waals surface area contributed by atoms with Gasteiger partial charge in [-0.2, -0.15) is 0 Å². The average Bonchev–Trinajstić information content (AvgIpc) is 2.49. The van der Waals surface area contributed by atoms with E-state index in [2.05, 4.69) is 5.32 Å². The van der Waals surface area contributed by atoms with Crippen molar-refractivity contribution in [2.24, 2.45) is 0 Å². The van der Waals surface area contributed by atoms with E-state index in [1.807, 2.05) is 30.3 Å². The van der Waals surface area contributed by atoms with Crippen molar-refractivity contribution >= 4 is 17.7 Å². The molecule has 116 valence electrons. The number of carbonyl (C=O) groups is 1. The number of rotatable bonds is 5. The third-order valence-corrected chi connectivity index (χ3v) is 4.15.